The van der Waals surface area contributed by atoms with Crippen LogP contribution in [0.2, 0.25) is 0 Å². The molecule has 114 valence electrons. The fourth-order valence-electron chi connectivity index (χ4n) is 1.38. The first-order chi connectivity index (χ1) is 9.22. The minimum absolute atomic E-state index is 0.0899. The van der Waals surface area contributed by atoms with Crippen LogP contribution in [-0.4, -0.2) is 34.7 Å². The fourth-order valence-corrected chi connectivity index (χ4v) is 2.85. The highest BCUT2D eigenvalue weighted by atomic mass is 31.2. The molecule has 1 heterocycles. The van der Waals surface area contributed by atoms with E-state index >= 15 is 0 Å². The third-order valence-corrected chi connectivity index (χ3v) is 4.03. The number of aromatic nitrogens is 2. The molecule has 0 aromatic carbocycles. The lowest BCUT2D eigenvalue weighted by Crippen LogP contribution is -2.28. The Morgan fingerprint density at radius 3 is 2.30 bits per heavy atom. The summed E-state index contributed by atoms with van der Waals surface area (Å²) < 4.78 is 28.9. The molecule has 0 radical (unpaired) electrons. The summed E-state index contributed by atoms with van der Waals surface area (Å²) in [4.78, 5) is 11.8. The number of hydrogen-bond acceptors (Lipinski definition) is 6. The van der Waals surface area contributed by atoms with Gasteiger partial charge in [0.2, 0.25) is 0 Å². The molecule has 7 nitrogen and oxygen atoms in total. The van der Waals surface area contributed by atoms with Gasteiger partial charge in [-0.15, -0.1) is 0 Å². The topological polar surface area (TPSA) is 79.7 Å². The van der Waals surface area contributed by atoms with Crippen molar-refractivity contribution in [3.05, 3.63) is 12.3 Å². The molecule has 20 heavy (non-hydrogen) atoms. The van der Waals surface area contributed by atoms with E-state index in [1.165, 1.54) is 12.3 Å². The van der Waals surface area contributed by atoms with Crippen LogP contribution in [-0.2, 0) is 18.3 Å². The molecule has 0 aliphatic heterocycles. The van der Waals surface area contributed by atoms with Crippen molar-refractivity contribution in [1.29, 1.82) is 0 Å². The molecule has 0 saturated heterocycles. The van der Waals surface area contributed by atoms with Crippen molar-refractivity contribution in [3.63, 3.8) is 0 Å². The van der Waals surface area contributed by atoms with Crippen molar-refractivity contribution in [2.45, 2.75) is 40.2 Å². The van der Waals surface area contributed by atoms with Gasteiger partial charge in [0, 0.05) is 6.20 Å². The van der Waals surface area contributed by atoms with Gasteiger partial charge in [-0.2, -0.15) is 9.78 Å². The van der Waals surface area contributed by atoms with E-state index in [0.29, 0.717) is 0 Å². The predicted molar refractivity (Wildman–Crippen MR) is 74.4 cm³/mol. The molecule has 0 N–H and O–H groups in total. The van der Waals surface area contributed by atoms with Gasteiger partial charge in [0.05, 0.1) is 13.2 Å². The number of hydrogen-bond donors (Lipinski definition) is 0. The number of nitrogens with zero attached hydrogens (tertiary/aromatic N) is 2. The first-order valence-electron chi connectivity index (χ1n) is 6.40. The molecule has 0 saturated carbocycles. The van der Waals surface area contributed by atoms with Crippen molar-refractivity contribution in [1.82, 2.24) is 9.78 Å². The Labute approximate surface area is 118 Å². The predicted octanol–water partition coefficient (Wildman–Crippen LogP) is 2.56. The average Bonchev–Trinajstić information content (AvgIpc) is 2.77. The molecule has 0 aliphatic carbocycles. The maximum Gasteiger partial charge on any atom is 0.435 e. The van der Waals surface area contributed by atoms with Gasteiger partial charge in [-0.05, 0) is 40.7 Å². The summed E-state index contributed by atoms with van der Waals surface area (Å²) >= 11 is 0. The molecule has 1 rings (SSSR count). The number of carbonyl (C=O) groups is 1. The molecule has 0 spiro atoms. The fraction of sp³-hybridized carbons (Fsp3) is 0.667. The smallest absolute Gasteiger partial charge is 0.435 e. The summed E-state index contributed by atoms with van der Waals surface area (Å²) in [7, 11) is -3.48. The Morgan fingerprint density at radius 2 is 1.85 bits per heavy atom. The van der Waals surface area contributed by atoms with Crippen molar-refractivity contribution in [3.8, 4) is 0 Å². The molecular weight excluding hydrogens is 283 g/mol. The Kier molecular flexibility index (Phi) is 5.50. The molecule has 0 bridgehead atoms. The van der Waals surface area contributed by atoms with Crippen LogP contribution in [0.4, 0.5) is 4.79 Å². The summed E-state index contributed by atoms with van der Waals surface area (Å²) in [5.74, 6) is 0. The maximum absolute atomic E-state index is 12.5. The van der Waals surface area contributed by atoms with Crippen molar-refractivity contribution >= 4 is 19.1 Å². The van der Waals surface area contributed by atoms with Crippen LogP contribution in [0.25, 0.3) is 0 Å². The van der Waals surface area contributed by atoms with Gasteiger partial charge in [-0.3, -0.25) is 4.57 Å². The van der Waals surface area contributed by atoms with Crippen LogP contribution >= 0.6 is 7.60 Å². The molecule has 0 unspecified atom stereocenters. The minimum Gasteiger partial charge on any atom is -0.442 e. The Balaban J connectivity index is 2.95. The highest BCUT2D eigenvalue weighted by molar-refractivity contribution is 7.61. The van der Waals surface area contributed by atoms with Gasteiger partial charge >= 0.3 is 13.7 Å². The second kappa shape index (κ2) is 6.52. The SMILES string of the molecule is CCOP(=O)(OCC)c1ccn(C(=O)OC(C)(C)C)n1. The van der Waals surface area contributed by atoms with E-state index in [1.54, 1.807) is 34.6 Å². The lowest BCUT2D eigenvalue weighted by Gasteiger charge is -2.19. The quantitative estimate of drug-likeness (QED) is 0.778. The summed E-state index contributed by atoms with van der Waals surface area (Å²) in [5, 5.41) is 3.93. The number of ether oxygens (including phenoxy) is 1. The molecule has 1 aromatic rings. The zero-order valence-electron chi connectivity index (χ0n) is 12.5. The van der Waals surface area contributed by atoms with Crippen molar-refractivity contribution in [2.24, 2.45) is 0 Å². The van der Waals surface area contributed by atoms with E-state index in [1.807, 2.05) is 0 Å². The van der Waals surface area contributed by atoms with Crippen LogP contribution in [0.1, 0.15) is 34.6 Å². The largest absolute Gasteiger partial charge is 0.442 e. The molecule has 0 atom stereocenters. The second-order valence-electron chi connectivity index (χ2n) is 4.93. The summed E-state index contributed by atoms with van der Waals surface area (Å²) in [6, 6.07) is 1.43. The van der Waals surface area contributed by atoms with Crippen LogP contribution in [0.3, 0.4) is 0 Å². The molecule has 0 amide bonds. The standard InChI is InChI=1S/C12H21N2O5P/c1-6-17-20(16,18-7-2)10-8-9-14(13-10)11(15)19-12(3,4)5/h8-9H,6-7H2,1-5H3. The third kappa shape index (κ3) is 4.44. The van der Waals surface area contributed by atoms with E-state index < -0.39 is 19.3 Å². The summed E-state index contributed by atoms with van der Waals surface area (Å²) in [6.45, 7) is 9.10. The van der Waals surface area contributed by atoms with Gasteiger partial charge in [0.1, 0.15) is 5.60 Å². The van der Waals surface area contributed by atoms with Gasteiger partial charge < -0.3 is 13.8 Å². The normalized spacial score (nSPS) is 12.4. The maximum atomic E-state index is 12.5. The second-order valence-corrected chi connectivity index (χ2v) is 6.90. The number of rotatable bonds is 5. The molecular formula is C12H21N2O5P. The van der Waals surface area contributed by atoms with Gasteiger partial charge in [-0.1, -0.05) is 0 Å². The highest BCUT2D eigenvalue weighted by Crippen LogP contribution is 2.45. The lowest BCUT2D eigenvalue weighted by molar-refractivity contribution is 0.0515. The van der Waals surface area contributed by atoms with E-state index in [0.717, 1.165) is 4.68 Å². The molecule has 0 aliphatic rings. The first kappa shape index (κ1) is 16.9. The van der Waals surface area contributed by atoms with Crippen molar-refractivity contribution in [2.75, 3.05) is 13.2 Å². The highest BCUT2D eigenvalue weighted by Gasteiger charge is 2.31. The van der Waals surface area contributed by atoms with E-state index in [9.17, 15) is 9.36 Å². The Morgan fingerprint density at radius 1 is 1.30 bits per heavy atom. The van der Waals surface area contributed by atoms with Gasteiger partial charge in [0.15, 0.2) is 5.44 Å². The van der Waals surface area contributed by atoms with Crippen LogP contribution in [0, 0.1) is 0 Å². The average molecular weight is 304 g/mol. The molecule has 8 heteroatoms. The Bertz CT molecular complexity index is 496. The molecule has 0 fully saturated rings. The van der Waals surface area contributed by atoms with Gasteiger partial charge in [-0.25, -0.2) is 4.79 Å². The number of carbonyl (C=O) groups excluding carboxylic acids is 1. The third-order valence-electron chi connectivity index (χ3n) is 2.03. The van der Waals surface area contributed by atoms with E-state index in [2.05, 4.69) is 5.10 Å². The van der Waals surface area contributed by atoms with Crippen molar-refractivity contribution < 1.29 is 23.1 Å². The van der Waals surface area contributed by atoms with Gasteiger partial charge in [0.25, 0.3) is 0 Å². The summed E-state index contributed by atoms with van der Waals surface area (Å²) in [6.07, 6.45) is 0.719. The van der Waals surface area contributed by atoms with E-state index in [4.69, 9.17) is 13.8 Å². The zero-order chi connectivity index (χ0) is 15.4. The monoisotopic (exact) mass is 304 g/mol. The Hall–Kier alpha value is -1.17. The first-order valence-corrected chi connectivity index (χ1v) is 7.95. The minimum atomic E-state index is -3.48. The zero-order valence-corrected chi connectivity index (χ0v) is 13.3. The molecule has 1 aromatic heterocycles. The lowest BCUT2D eigenvalue weighted by atomic mass is 10.2. The van der Waals surface area contributed by atoms with Crippen LogP contribution < -0.4 is 5.44 Å². The summed E-state index contributed by atoms with van der Waals surface area (Å²) in [5.41, 5.74) is -0.542. The van der Waals surface area contributed by atoms with E-state index in [-0.39, 0.29) is 18.6 Å². The van der Waals surface area contributed by atoms with Crippen LogP contribution in [0.5, 0.6) is 0 Å². The van der Waals surface area contributed by atoms with Crippen LogP contribution in [0.15, 0.2) is 12.3 Å².